The van der Waals surface area contributed by atoms with Crippen molar-refractivity contribution in [2.75, 3.05) is 13.1 Å². The minimum Gasteiger partial charge on any atom is -0.458 e. The van der Waals surface area contributed by atoms with E-state index in [1.165, 1.54) is 0 Å². The number of carbonyl (C=O) groups excluding carboxylic acids is 1. The summed E-state index contributed by atoms with van der Waals surface area (Å²) in [6.07, 6.45) is -1.93. The molecule has 9 heteroatoms. The number of furan rings is 1. The molecule has 1 aliphatic heterocycles. The average molecular weight is 428 g/mol. The predicted octanol–water partition coefficient (Wildman–Crippen LogP) is 4.82. The molecule has 1 amide bonds. The zero-order valence-electron chi connectivity index (χ0n) is 16.7. The summed E-state index contributed by atoms with van der Waals surface area (Å²) in [6.45, 7) is 2.48. The fourth-order valence-corrected chi connectivity index (χ4v) is 4.20. The minimum atomic E-state index is -4.54. The third-order valence-corrected chi connectivity index (χ3v) is 5.76. The van der Waals surface area contributed by atoms with Crippen molar-refractivity contribution in [3.63, 3.8) is 0 Å². The van der Waals surface area contributed by atoms with Gasteiger partial charge in [-0.1, -0.05) is 24.3 Å². The molecule has 0 N–H and O–H groups in total. The van der Waals surface area contributed by atoms with Gasteiger partial charge >= 0.3 is 6.18 Å². The third-order valence-electron chi connectivity index (χ3n) is 5.76. The van der Waals surface area contributed by atoms with Gasteiger partial charge in [0.05, 0.1) is 12.0 Å². The van der Waals surface area contributed by atoms with Crippen LogP contribution in [0.5, 0.6) is 0 Å². The molecular weight excluding hydrogens is 409 g/mol. The number of likely N-dealkylation sites (tertiary alicyclic amines) is 1. The van der Waals surface area contributed by atoms with Gasteiger partial charge < -0.3 is 9.32 Å². The van der Waals surface area contributed by atoms with Gasteiger partial charge in [0.1, 0.15) is 5.69 Å². The van der Waals surface area contributed by atoms with Crippen molar-refractivity contribution in [1.82, 2.24) is 19.5 Å². The van der Waals surface area contributed by atoms with E-state index in [0.29, 0.717) is 43.1 Å². The van der Waals surface area contributed by atoms with Crippen LogP contribution in [0.25, 0.3) is 16.4 Å². The topological polar surface area (TPSA) is 63.6 Å². The van der Waals surface area contributed by atoms with E-state index >= 15 is 0 Å². The summed E-state index contributed by atoms with van der Waals surface area (Å²) >= 11 is 0. The van der Waals surface area contributed by atoms with Crippen molar-refractivity contribution in [2.24, 2.45) is 0 Å². The van der Waals surface area contributed by atoms with Crippen molar-refractivity contribution >= 4 is 22.3 Å². The molecule has 1 aliphatic rings. The van der Waals surface area contributed by atoms with Gasteiger partial charge in [0, 0.05) is 41.5 Å². The molecule has 3 aromatic heterocycles. The van der Waals surface area contributed by atoms with Crippen LogP contribution < -0.4 is 0 Å². The maximum absolute atomic E-state index is 13.6. The second kappa shape index (κ2) is 7.11. The maximum Gasteiger partial charge on any atom is 0.433 e. The van der Waals surface area contributed by atoms with Crippen LogP contribution in [0.4, 0.5) is 13.2 Å². The standard InChI is InChI=1S/C22H19F3N4O2/c1-13-10-19-26-17(11-18(22(23,24)25)29(19)27-13)14-6-8-28(9-7-14)21(30)20-16-5-3-2-4-15(16)12-31-20/h2-5,10-12,14H,6-9H2,1H3. The lowest BCUT2D eigenvalue weighted by molar-refractivity contribution is -0.142. The molecule has 31 heavy (non-hydrogen) atoms. The molecule has 1 saturated heterocycles. The second-order valence-electron chi connectivity index (χ2n) is 7.84. The number of carbonyl (C=O) groups is 1. The van der Waals surface area contributed by atoms with Gasteiger partial charge in [0.2, 0.25) is 0 Å². The van der Waals surface area contributed by atoms with Crippen LogP contribution in [0.1, 0.15) is 46.4 Å². The first-order chi connectivity index (χ1) is 14.8. The highest BCUT2D eigenvalue weighted by atomic mass is 19.4. The first kappa shape index (κ1) is 19.6. The summed E-state index contributed by atoms with van der Waals surface area (Å²) < 4.78 is 47.1. The zero-order valence-corrected chi connectivity index (χ0v) is 16.7. The Hall–Kier alpha value is -3.36. The number of hydrogen-bond donors (Lipinski definition) is 0. The van der Waals surface area contributed by atoms with Crippen molar-refractivity contribution in [2.45, 2.75) is 31.9 Å². The molecule has 0 aliphatic carbocycles. The summed E-state index contributed by atoms with van der Waals surface area (Å²) in [6, 6.07) is 10.1. The number of hydrogen-bond acceptors (Lipinski definition) is 4. The predicted molar refractivity (Wildman–Crippen MR) is 107 cm³/mol. The molecule has 160 valence electrons. The number of aromatic nitrogens is 3. The second-order valence-corrected chi connectivity index (χ2v) is 7.84. The summed E-state index contributed by atoms with van der Waals surface area (Å²) in [7, 11) is 0. The van der Waals surface area contributed by atoms with Gasteiger partial charge in [-0.2, -0.15) is 18.3 Å². The highest BCUT2D eigenvalue weighted by molar-refractivity contribution is 6.04. The summed E-state index contributed by atoms with van der Waals surface area (Å²) in [5.41, 5.74) is 0.209. The Bertz CT molecular complexity index is 1280. The Labute approximate surface area is 175 Å². The molecule has 0 saturated carbocycles. The van der Waals surface area contributed by atoms with Crippen molar-refractivity contribution in [3.8, 4) is 0 Å². The number of amides is 1. The minimum absolute atomic E-state index is 0.168. The number of nitrogens with zero attached hydrogens (tertiary/aromatic N) is 4. The van der Waals surface area contributed by atoms with Gasteiger partial charge in [0.25, 0.3) is 5.91 Å². The van der Waals surface area contributed by atoms with E-state index in [4.69, 9.17) is 4.42 Å². The molecule has 0 atom stereocenters. The van der Waals surface area contributed by atoms with Crippen molar-refractivity contribution in [1.29, 1.82) is 0 Å². The van der Waals surface area contributed by atoms with Gasteiger partial charge in [-0.15, -0.1) is 0 Å². The lowest BCUT2D eigenvalue weighted by atomic mass is 9.92. The Balaban J connectivity index is 1.38. The lowest BCUT2D eigenvalue weighted by Gasteiger charge is -2.31. The number of halogens is 3. The summed E-state index contributed by atoms with van der Waals surface area (Å²) in [5, 5.41) is 5.54. The molecular formula is C22H19F3N4O2. The van der Waals surface area contributed by atoms with Gasteiger partial charge in [-0.25, -0.2) is 9.50 Å². The molecule has 0 radical (unpaired) electrons. The number of benzene rings is 1. The number of fused-ring (bicyclic) bond motifs is 2. The van der Waals surface area contributed by atoms with Crippen molar-refractivity contribution < 1.29 is 22.4 Å². The Morgan fingerprint density at radius 3 is 2.65 bits per heavy atom. The van der Waals surface area contributed by atoms with E-state index in [-0.39, 0.29) is 17.5 Å². The number of aryl methyl sites for hydroxylation is 1. The van der Waals surface area contributed by atoms with Gasteiger partial charge in [-0.3, -0.25) is 4.79 Å². The van der Waals surface area contributed by atoms with Crippen LogP contribution in [0.3, 0.4) is 0 Å². The molecule has 6 nitrogen and oxygen atoms in total. The quantitative estimate of drug-likeness (QED) is 0.459. The van der Waals surface area contributed by atoms with Gasteiger partial charge in [-0.05, 0) is 25.8 Å². The molecule has 5 rings (SSSR count). The molecule has 0 bridgehead atoms. The SMILES string of the molecule is Cc1cc2nc(C3CCN(C(=O)c4occ5ccccc45)CC3)cc(C(F)(F)F)n2n1. The van der Waals surface area contributed by atoms with Crippen LogP contribution in [0.2, 0.25) is 0 Å². The average Bonchev–Trinajstić information content (AvgIpc) is 3.34. The first-order valence-corrected chi connectivity index (χ1v) is 10.0. The number of alkyl halides is 3. The highest BCUT2D eigenvalue weighted by Gasteiger charge is 2.36. The molecule has 4 aromatic rings. The lowest BCUT2D eigenvalue weighted by Crippen LogP contribution is -2.38. The zero-order chi connectivity index (χ0) is 21.8. The monoisotopic (exact) mass is 428 g/mol. The Morgan fingerprint density at radius 1 is 1.16 bits per heavy atom. The van der Waals surface area contributed by atoms with Crippen LogP contribution in [0, 0.1) is 6.92 Å². The van der Waals surface area contributed by atoms with E-state index in [2.05, 4.69) is 10.1 Å². The molecule has 0 unspecified atom stereocenters. The van der Waals surface area contributed by atoms with Crippen LogP contribution in [-0.2, 0) is 6.18 Å². The largest absolute Gasteiger partial charge is 0.458 e. The van der Waals surface area contributed by atoms with Crippen LogP contribution in [0.15, 0.2) is 47.1 Å². The van der Waals surface area contributed by atoms with E-state index in [9.17, 15) is 18.0 Å². The fourth-order valence-electron chi connectivity index (χ4n) is 4.20. The van der Waals surface area contributed by atoms with E-state index in [1.54, 1.807) is 24.2 Å². The van der Waals surface area contributed by atoms with Gasteiger partial charge in [0.15, 0.2) is 11.4 Å². The highest BCUT2D eigenvalue weighted by Crippen LogP contribution is 2.34. The Kier molecular flexibility index (Phi) is 4.49. The normalized spacial score (nSPS) is 15.8. The Morgan fingerprint density at radius 2 is 1.90 bits per heavy atom. The van der Waals surface area contributed by atoms with E-state index in [1.807, 2.05) is 24.3 Å². The maximum atomic E-state index is 13.6. The van der Waals surface area contributed by atoms with Crippen molar-refractivity contribution in [3.05, 3.63) is 65.5 Å². The molecule has 1 aromatic carbocycles. The molecule has 1 fully saturated rings. The van der Waals surface area contributed by atoms with E-state index < -0.39 is 11.9 Å². The molecule has 4 heterocycles. The van der Waals surface area contributed by atoms with Crippen LogP contribution >= 0.6 is 0 Å². The van der Waals surface area contributed by atoms with E-state index in [0.717, 1.165) is 21.4 Å². The number of piperidine rings is 1. The number of rotatable bonds is 2. The van der Waals surface area contributed by atoms with Crippen LogP contribution in [-0.4, -0.2) is 38.5 Å². The summed E-state index contributed by atoms with van der Waals surface area (Å²) in [5.74, 6) is -0.0770. The smallest absolute Gasteiger partial charge is 0.433 e. The first-order valence-electron chi connectivity index (χ1n) is 10.0. The summed E-state index contributed by atoms with van der Waals surface area (Å²) in [4.78, 5) is 19.1. The fraction of sp³-hybridized carbons (Fsp3) is 0.318. The third kappa shape index (κ3) is 3.43. The molecule has 0 spiro atoms.